The van der Waals surface area contributed by atoms with Crippen molar-refractivity contribution in [1.29, 1.82) is 0 Å². The molecule has 0 atom stereocenters. The molecule has 124 valence electrons. The number of halogens is 2. The summed E-state index contributed by atoms with van der Waals surface area (Å²) in [7, 11) is 0. The molecule has 0 aliphatic carbocycles. The first-order valence-electron chi connectivity index (χ1n) is 7.92. The molecule has 0 aromatic rings. The molecule has 0 N–H and O–H groups in total. The van der Waals surface area contributed by atoms with Crippen LogP contribution in [0.5, 0.6) is 0 Å². The van der Waals surface area contributed by atoms with Crippen molar-refractivity contribution in [3.8, 4) is 0 Å². The fourth-order valence-electron chi connectivity index (χ4n) is 2.71. The van der Waals surface area contributed by atoms with Crippen molar-refractivity contribution in [3.05, 3.63) is 12.2 Å². The van der Waals surface area contributed by atoms with Gasteiger partial charge in [-0.3, -0.25) is 0 Å². The highest BCUT2D eigenvalue weighted by Gasteiger charge is 2.20. The van der Waals surface area contributed by atoms with Gasteiger partial charge in [-0.15, -0.1) is 0 Å². The maximum Gasteiger partial charge on any atom is 0.0975 e. The fraction of sp³-hybridized carbons (Fsp3) is 0.875. The van der Waals surface area contributed by atoms with Gasteiger partial charge in [-0.05, 0) is 53.7 Å². The Hall–Kier alpha value is 0.240. The van der Waals surface area contributed by atoms with E-state index < -0.39 is 0 Å². The Morgan fingerprint density at radius 1 is 0.500 bits per heavy atom. The molecule has 0 amide bonds. The molecular formula is C16H36Cl2N2. The second-order valence-corrected chi connectivity index (χ2v) is 5.42. The lowest BCUT2D eigenvalue weighted by molar-refractivity contribution is -0.920. The minimum absolute atomic E-state index is 0. The standard InChI is InChI=1S/C16H36N2.2ClH/c1-7-17(8-2,9-3)15-13-14-16-18(10-4,11-5)12-6;;/h13-14H,7-12,15-16H2,1-6H3;2*1H/q+2;;/p-2. The van der Waals surface area contributed by atoms with Gasteiger partial charge in [0.1, 0.15) is 0 Å². The van der Waals surface area contributed by atoms with E-state index in [1.165, 1.54) is 61.3 Å². The quantitative estimate of drug-likeness (QED) is 0.303. The molecule has 0 bridgehead atoms. The highest BCUT2D eigenvalue weighted by atomic mass is 35.5. The molecule has 0 spiro atoms. The van der Waals surface area contributed by atoms with E-state index in [0.29, 0.717) is 0 Å². The van der Waals surface area contributed by atoms with Crippen molar-refractivity contribution in [2.75, 3.05) is 52.4 Å². The first kappa shape index (κ1) is 25.2. The van der Waals surface area contributed by atoms with Crippen LogP contribution in [0, 0.1) is 0 Å². The highest BCUT2D eigenvalue weighted by molar-refractivity contribution is 4.82. The smallest absolute Gasteiger partial charge is 0.0975 e. The van der Waals surface area contributed by atoms with Crippen molar-refractivity contribution >= 4 is 0 Å². The molecule has 0 aliphatic heterocycles. The molecule has 2 nitrogen and oxygen atoms in total. The molecule has 0 aromatic heterocycles. The van der Waals surface area contributed by atoms with Gasteiger partial charge in [-0.2, -0.15) is 0 Å². The minimum atomic E-state index is 0. The van der Waals surface area contributed by atoms with Crippen LogP contribution in [0.2, 0.25) is 0 Å². The molecule has 0 aromatic carbocycles. The molecule has 0 rings (SSSR count). The zero-order chi connectivity index (χ0) is 14.1. The molecule has 0 saturated carbocycles. The first-order valence-corrected chi connectivity index (χ1v) is 7.92. The van der Waals surface area contributed by atoms with Gasteiger partial charge in [0.15, 0.2) is 0 Å². The van der Waals surface area contributed by atoms with E-state index >= 15 is 0 Å². The number of quaternary nitrogens is 2. The summed E-state index contributed by atoms with van der Waals surface area (Å²) in [6.45, 7) is 23.7. The molecule has 0 saturated heterocycles. The van der Waals surface area contributed by atoms with E-state index in [1.807, 2.05) is 0 Å². The van der Waals surface area contributed by atoms with Crippen molar-refractivity contribution in [2.24, 2.45) is 0 Å². The first-order chi connectivity index (χ1) is 8.57. The minimum Gasteiger partial charge on any atom is -1.00 e. The predicted octanol–water partition coefficient (Wildman–Crippen LogP) is -2.70. The highest BCUT2D eigenvalue weighted by Crippen LogP contribution is 2.08. The van der Waals surface area contributed by atoms with Gasteiger partial charge < -0.3 is 33.8 Å². The molecule has 0 unspecified atom stereocenters. The number of hydrogen-bond acceptors (Lipinski definition) is 0. The number of rotatable bonds is 10. The van der Waals surface area contributed by atoms with Gasteiger partial charge in [-0.25, -0.2) is 0 Å². The van der Waals surface area contributed by atoms with Crippen LogP contribution in [0.1, 0.15) is 41.5 Å². The zero-order valence-corrected chi connectivity index (χ0v) is 16.0. The Morgan fingerprint density at radius 2 is 0.700 bits per heavy atom. The molecule has 0 fully saturated rings. The van der Waals surface area contributed by atoms with E-state index in [-0.39, 0.29) is 24.8 Å². The van der Waals surface area contributed by atoms with Crippen molar-refractivity contribution in [3.63, 3.8) is 0 Å². The topological polar surface area (TPSA) is 0 Å². The van der Waals surface area contributed by atoms with Crippen LogP contribution in [-0.2, 0) is 0 Å². The summed E-state index contributed by atoms with van der Waals surface area (Å²) >= 11 is 0. The summed E-state index contributed by atoms with van der Waals surface area (Å²) in [6, 6.07) is 0. The zero-order valence-electron chi connectivity index (χ0n) is 14.5. The van der Waals surface area contributed by atoms with Gasteiger partial charge >= 0.3 is 0 Å². The number of hydrogen-bond donors (Lipinski definition) is 0. The third-order valence-electron chi connectivity index (χ3n) is 5.18. The Morgan fingerprint density at radius 3 is 0.850 bits per heavy atom. The lowest BCUT2D eigenvalue weighted by Crippen LogP contribution is -3.00. The maximum absolute atomic E-state index is 2.42. The normalized spacial score (nSPS) is 12.1. The fourth-order valence-corrected chi connectivity index (χ4v) is 2.71. The number of likely N-dealkylation sites (N-methyl/N-ethyl adjacent to an activating group) is 2. The van der Waals surface area contributed by atoms with Crippen molar-refractivity contribution in [2.45, 2.75) is 41.5 Å². The van der Waals surface area contributed by atoms with Gasteiger partial charge in [0.2, 0.25) is 0 Å². The SMILES string of the molecule is CC[N+](CC)(CC)CC=CC[N+](CC)(CC)CC.[Cl-].[Cl-]. The third-order valence-corrected chi connectivity index (χ3v) is 5.18. The van der Waals surface area contributed by atoms with E-state index in [4.69, 9.17) is 0 Å². The summed E-state index contributed by atoms with van der Waals surface area (Å²) < 4.78 is 2.45. The van der Waals surface area contributed by atoms with Crippen LogP contribution < -0.4 is 24.8 Å². The van der Waals surface area contributed by atoms with E-state index in [9.17, 15) is 0 Å². The second-order valence-electron chi connectivity index (χ2n) is 5.42. The second kappa shape index (κ2) is 12.9. The van der Waals surface area contributed by atoms with Crippen molar-refractivity contribution in [1.82, 2.24) is 0 Å². The van der Waals surface area contributed by atoms with Crippen LogP contribution in [-0.4, -0.2) is 61.3 Å². The lowest BCUT2D eigenvalue weighted by atomic mass is 10.3. The molecular weight excluding hydrogens is 291 g/mol. The predicted molar refractivity (Wildman–Crippen MR) is 82.6 cm³/mol. The Balaban J connectivity index is -0.00000144. The Labute approximate surface area is 140 Å². The Kier molecular flexibility index (Phi) is 16.3. The molecule has 20 heavy (non-hydrogen) atoms. The molecule has 0 heterocycles. The molecule has 0 aliphatic rings. The monoisotopic (exact) mass is 326 g/mol. The average Bonchev–Trinajstić information content (AvgIpc) is 2.45. The maximum atomic E-state index is 2.42. The van der Waals surface area contributed by atoms with Crippen molar-refractivity contribution < 1.29 is 33.8 Å². The van der Waals surface area contributed by atoms with Crippen LogP contribution in [0.25, 0.3) is 0 Å². The van der Waals surface area contributed by atoms with Crippen LogP contribution in [0.4, 0.5) is 0 Å². The van der Waals surface area contributed by atoms with Crippen LogP contribution in [0.15, 0.2) is 12.2 Å². The van der Waals surface area contributed by atoms with Crippen LogP contribution >= 0.6 is 0 Å². The summed E-state index contributed by atoms with van der Waals surface area (Å²) in [5.41, 5.74) is 0. The summed E-state index contributed by atoms with van der Waals surface area (Å²) in [4.78, 5) is 0. The van der Waals surface area contributed by atoms with E-state index in [0.717, 1.165) is 0 Å². The summed E-state index contributed by atoms with van der Waals surface area (Å²) in [5, 5.41) is 0. The van der Waals surface area contributed by atoms with Gasteiger partial charge in [0.25, 0.3) is 0 Å². The summed E-state index contributed by atoms with van der Waals surface area (Å²) in [5.74, 6) is 0. The third kappa shape index (κ3) is 7.31. The Bertz CT molecular complexity index is 194. The van der Waals surface area contributed by atoms with Gasteiger partial charge in [0.05, 0.1) is 52.4 Å². The summed E-state index contributed by atoms with van der Waals surface area (Å²) in [6.07, 6.45) is 4.84. The van der Waals surface area contributed by atoms with E-state index in [2.05, 4.69) is 53.7 Å². The lowest BCUT2D eigenvalue weighted by Gasteiger charge is -2.36. The van der Waals surface area contributed by atoms with Gasteiger partial charge in [-0.1, -0.05) is 0 Å². The van der Waals surface area contributed by atoms with Crippen LogP contribution in [0.3, 0.4) is 0 Å². The molecule has 4 heteroatoms. The molecule has 0 radical (unpaired) electrons. The number of nitrogens with zero attached hydrogens (tertiary/aromatic N) is 2. The van der Waals surface area contributed by atoms with Gasteiger partial charge in [0, 0.05) is 0 Å². The average molecular weight is 327 g/mol. The largest absolute Gasteiger partial charge is 1.00 e. The van der Waals surface area contributed by atoms with E-state index in [1.54, 1.807) is 0 Å².